The number of hydrogen-bond acceptors (Lipinski definition) is 2. The predicted molar refractivity (Wildman–Crippen MR) is 98.9 cm³/mol. The van der Waals surface area contributed by atoms with Gasteiger partial charge in [0.15, 0.2) is 0 Å². The van der Waals surface area contributed by atoms with E-state index in [1.165, 1.54) is 17.9 Å². The van der Waals surface area contributed by atoms with E-state index in [1.54, 1.807) is 12.1 Å². The fraction of sp³-hybridized carbons (Fsp3) is 0.263. The number of hydrogen-bond donors (Lipinski definition) is 1. The average molecular weight is 399 g/mol. The third kappa shape index (κ3) is 5.23. The van der Waals surface area contributed by atoms with Crippen molar-refractivity contribution in [1.82, 2.24) is 0 Å². The maximum Gasteiger partial charge on any atom is 0.418 e. The van der Waals surface area contributed by atoms with Gasteiger partial charge in [-0.05, 0) is 36.2 Å². The zero-order valence-electron chi connectivity index (χ0n) is 14.7. The Bertz CT molecular complexity index is 853. The third-order valence-corrected chi connectivity index (χ3v) is 4.14. The van der Waals surface area contributed by atoms with Crippen LogP contribution >= 0.6 is 11.6 Å². The van der Waals surface area contributed by atoms with Crippen LogP contribution in [0.1, 0.15) is 25.0 Å². The summed E-state index contributed by atoms with van der Waals surface area (Å²) in [6, 6.07) is 10.1. The van der Waals surface area contributed by atoms with Crippen molar-refractivity contribution < 1.29 is 22.8 Å². The van der Waals surface area contributed by atoms with Gasteiger partial charge in [0.2, 0.25) is 11.8 Å². The summed E-state index contributed by atoms with van der Waals surface area (Å²) in [6.45, 7) is 2.79. The van der Waals surface area contributed by atoms with Gasteiger partial charge in [-0.15, -0.1) is 0 Å². The van der Waals surface area contributed by atoms with E-state index in [4.69, 9.17) is 11.6 Å². The molecule has 0 saturated carbocycles. The van der Waals surface area contributed by atoms with Gasteiger partial charge in [-0.2, -0.15) is 13.2 Å². The molecular weight excluding hydrogens is 381 g/mol. The van der Waals surface area contributed by atoms with Gasteiger partial charge >= 0.3 is 6.18 Å². The molecule has 27 heavy (non-hydrogen) atoms. The summed E-state index contributed by atoms with van der Waals surface area (Å²) < 4.78 is 39.5. The molecule has 2 rings (SSSR count). The monoisotopic (exact) mass is 398 g/mol. The standard InChI is InChI=1S/C19H18ClF3N2O2/c1-3-13-6-4-5-7-17(13)25(12(2)26)11-18(27)24-16-9-8-14(20)10-15(16)19(21,22)23/h4-10H,3,11H2,1-2H3,(H,24,27). The van der Waals surface area contributed by atoms with Gasteiger partial charge in [0, 0.05) is 17.6 Å². The second kappa shape index (κ2) is 8.43. The molecule has 0 fully saturated rings. The fourth-order valence-electron chi connectivity index (χ4n) is 2.63. The molecule has 2 amide bonds. The zero-order valence-corrected chi connectivity index (χ0v) is 15.5. The molecule has 8 heteroatoms. The van der Waals surface area contributed by atoms with Crippen LogP contribution in [0.2, 0.25) is 5.02 Å². The van der Waals surface area contributed by atoms with Crippen LogP contribution in [0.15, 0.2) is 42.5 Å². The highest BCUT2D eigenvalue weighted by Crippen LogP contribution is 2.36. The van der Waals surface area contributed by atoms with Crippen molar-refractivity contribution in [2.75, 3.05) is 16.8 Å². The number of alkyl halides is 3. The van der Waals surface area contributed by atoms with E-state index >= 15 is 0 Å². The molecule has 0 saturated heterocycles. The number of aryl methyl sites for hydroxylation is 1. The minimum absolute atomic E-state index is 0.0949. The van der Waals surface area contributed by atoms with Crippen molar-refractivity contribution in [1.29, 1.82) is 0 Å². The highest BCUT2D eigenvalue weighted by molar-refractivity contribution is 6.30. The number of nitrogens with zero attached hydrogens (tertiary/aromatic N) is 1. The topological polar surface area (TPSA) is 49.4 Å². The fourth-order valence-corrected chi connectivity index (χ4v) is 2.80. The first-order valence-corrected chi connectivity index (χ1v) is 8.54. The van der Waals surface area contributed by atoms with Crippen molar-refractivity contribution in [2.24, 2.45) is 0 Å². The normalized spacial score (nSPS) is 11.2. The second-order valence-corrected chi connectivity index (χ2v) is 6.26. The lowest BCUT2D eigenvalue weighted by Gasteiger charge is -2.23. The van der Waals surface area contributed by atoms with Gasteiger partial charge in [0.05, 0.1) is 11.3 Å². The van der Waals surface area contributed by atoms with E-state index in [2.05, 4.69) is 5.32 Å². The van der Waals surface area contributed by atoms with Crippen LogP contribution in [0.5, 0.6) is 0 Å². The molecule has 4 nitrogen and oxygen atoms in total. The van der Waals surface area contributed by atoms with Gasteiger partial charge < -0.3 is 10.2 Å². The molecule has 0 unspecified atom stereocenters. The summed E-state index contributed by atoms with van der Waals surface area (Å²) in [5.74, 6) is -1.14. The number of halogens is 4. The molecule has 2 aromatic rings. The first-order valence-electron chi connectivity index (χ1n) is 8.16. The van der Waals surface area contributed by atoms with Crippen LogP contribution < -0.4 is 10.2 Å². The number of carbonyl (C=O) groups is 2. The van der Waals surface area contributed by atoms with E-state index in [1.807, 2.05) is 19.1 Å². The van der Waals surface area contributed by atoms with Gasteiger partial charge in [0.1, 0.15) is 6.54 Å². The lowest BCUT2D eigenvalue weighted by Crippen LogP contribution is -2.37. The SMILES string of the molecule is CCc1ccccc1N(CC(=O)Nc1ccc(Cl)cc1C(F)(F)F)C(C)=O. The smallest absolute Gasteiger partial charge is 0.324 e. The molecule has 0 heterocycles. The van der Waals surface area contributed by atoms with E-state index in [0.717, 1.165) is 17.7 Å². The largest absolute Gasteiger partial charge is 0.418 e. The first-order chi connectivity index (χ1) is 12.6. The van der Waals surface area contributed by atoms with Crippen LogP contribution in [-0.2, 0) is 22.2 Å². The number of benzene rings is 2. The first kappa shape index (κ1) is 20.8. The minimum Gasteiger partial charge on any atom is -0.324 e. The summed E-state index contributed by atoms with van der Waals surface area (Å²) in [5.41, 5.74) is -0.0614. The van der Waals surface area contributed by atoms with Crippen molar-refractivity contribution in [2.45, 2.75) is 26.4 Å². The molecule has 0 atom stereocenters. The van der Waals surface area contributed by atoms with Crippen LogP contribution in [0, 0.1) is 0 Å². The van der Waals surface area contributed by atoms with Crippen LogP contribution in [0.25, 0.3) is 0 Å². The highest BCUT2D eigenvalue weighted by atomic mass is 35.5. The Hall–Kier alpha value is -2.54. The Kier molecular flexibility index (Phi) is 6.49. The summed E-state index contributed by atoms with van der Waals surface area (Å²) in [5, 5.41) is 2.13. The number of para-hydroxylation sites is 1. The Balaban J connectivity index is 2.27. The summed E-state index contributed by atoms with van der Waals surface area (Å²) >= 11 is 5.63. The minimum atomic E-state index is -4.68. The second-order valence-electron chi connectivity index (χ2n) is 5.82. The van der Waals surface area contributed by atoms with E-state index in [9.17, 15) is 22.8 Å². The number of amides is 2. The van der Waals surface area contributed by atoms with E-state index in [-0.39, 0.29) is 5.02 Å². The molecule has 0 aliphatic rings. The van der Waals surface area contributed by atoms with Crippen molar-refractivity contribution in [3.63, 3.8) is 0 Å². The van der Waals surface area contributed by atoms with Gasteiger partial charge in [-0.25, -0.2) is 0 Å². The Morgan fingerprint density at radius 3 is 2.41 bits per heavy atom. The molecule has 144 valence electrons. The van der Waals surface area contributed by atoms with Crippen LogP contribution in [0.4, 0.5) is 24.5 Å². The molecule has 0 bridgehead atoms. The third-order valence-electron chi connectivity index (χ3n) is 3.91. The maximum atomic E-state index is 13.2. The average Bonchev–Trinajstić information content (AvgIpc) is 2.60. The van der Waals surface area contributed by atoms with Gasteiger partial charge in [0.25, 0.3) is 0 Å². The summed E-state index contributed by atoms with van der Waals surface area (Å²) in [7, 11) is 0. The molecule has 0 spiro atoms. The summed E-state index contributed by atoms with van der Waals surface area (Å²) in [4.78, 5) is 25.6. The highest BCUT2D eigenvalue weighted by Gasteiger charge is 2.34. The lowest BCUT2D eigenvalue weighted by molar-refractivity contribution is -0.137. The Morgan fingerprint density at radius 2 is 1.81 bits per heavy atom. The predicted octanol–water partition coefficient (Wildman–Crippen LogP) is 4.91. The van der Waals surface area contributed by atoms with Crippen molar-refractivity contribution in [3.05, 3.63) is 58.6 Å². The van der Waals surface area contributed by atoms with Gasteiger partial charge in [-0.3, -0.25) is 9.59 Å². The lowest BCUT2D eigenvalue weighted by atomic mass is 10.1. The molecule has 0 aromatic heterocycles. The van der Waals surface area contributed by atoms with E-state index < -0.39 is 35.8 Å². The Labute approximate surface area is 159 Å². The number of rotatable bonds is 5. The number of nitrogens with one attached hydrogen (secondary N) is 1. The number of carbonyl (C=O) groups excluding carboxylic acids is 2. The van der Waals surface area contributed by atoms with Gasteiger partial charge in [-0.1, -0.05) is 36.7 Å². The maximum absolute atomic E-state index is 13.2. The Morgan fingerprint density at radius 1 is 1.15 bits per heavy atom. The molecule has 0 aliphatic carbocycles. The summed E-state index contributed by atoms with van der Waals surface area (Å²) in [6.07, 6.45) is -4.04. The molecule has 2 aromatic carbocycles. The van der Waals surface area contributed by atoms with Crippen LogP contribution in [0.3, 0.4) is 0 Å². The quantitative estimate of drug-likeness (QED) is 0.777. The molecule has 1 N–H and O–H groups in total. The molecule has 0 aliphatic heterocycles. The molecular formula is C19H18ClF3N2O2. The zero-order chi connectivity index (χ0) is 20.2. The van der Waals surface area contributed by atoms with Crippen molar-refractivity contribution in [3.8, 4) is 0 Å². The molecule has 0 radical (unpaired) electrons. The van der Waals surface area contributed by atoms with Crippen LogP contribution in [-0.4, -0.2) is 18.4 Å². The van der Waals surface area contributed by atoms with Crippen molar-refractivity contribution >= 4 is 34.8 Å². The van der Waals surface area contributed by atoms with E-state index in [0.29, 0.717) is 12.1 Å². The number of anilines is 2.